The van der Waals surface area contributed by atoms with E-state index in [1.807, 2.05) is 0 Å². The van der Waals surface area contributed by atoms with Crippen LogP contribution in [0, 0.1) is 0 Å². The monoisotopic (exact) mass is 1440 g/mol. The molecule has 38 nitrogen and oxygen atoms in total. The van der Waals surface area contributed by atoms with Crippen LogP contribution in [0.1, 0.15) is 63.1 Å². The number of carboxylic acid groups (broad SMARTS) is 1. The molecule has 3 aliphatic heterocycles. The standard InChI is InChI=1S/C55H80N20O18S4/c1-25-44(83)72-36-21-95-97-22-37(73-45(84)29(56)10-11-42(80)81)52(91)74-38(51(90)69-33(16-40(57)78)54(93)75-13-3-5-39(75)53(92)65-25)23-96-94-20-35(43(58)82)71-50(89)34(19-76)70-48(87)31(14-26-6-8-28(77)9-7-26)67-49(88)32(15-27-17-61-24-64-27)68-47(86)30(4-2-12-62-55(59)60)66-41(79)18-63-46(36)85/h6-9,17,24-25,29-39,76-77H,2-5,10-16,18-23,56H2,1H3,(H2,57,78)(H2,58,82)(H,61,64)(H,63,85)(H,65,92)(H,66,79)(H,67,88)(H,68,86)(H,69,90)(H,70,87)(H,71,89)(H,72,83)(H,73,84)(H,74,91)(H,80,81)(H4,59,60,62)/t25-,29-,30-,31?,32-,33-,34?,35-,36-,37-,38-,39-/m0/s1. The highest BCUT2D eigenvalue weighted by atomic mass is 33.1. The fourth-order valence-electron chi connectivity index (χ4n) is 9.51. The van der Waals surface area contributed by atoms with Gasteiger partial charge in [-0.25, -0.2) is 4.98 Å². The molecule has 1 aromatic carbocycles. The van der Waals surface area contributed by atoms with E-state index >= 15 is 0 Å². The number of aliphatic hydroxyl groups excluding tert-OH is 1. The summed E-state index contributed by atoms with van der Waals surface area (Å²) < 4.78 is 0. The number of hydrogen-bond acceptors (Lipinski definition) is 24. The van der Waals surface area contributed by atoms with Gasteiger partial charge in [0.1, 0.15) is 72.2 Å². The first-order valence-corrected chi connectivity index (χ1v) is 35.1. The lowest BCUT2D eigenvalue weighted by atomic mass is 10.0. The third-order valence-electron chi connectivity index (χ3n) is 14.7. The minimum atomic E-state index is -1.87. The van der Waals surface area contributed by atoms with Gasteiger partial charge in [-0.15, -0.1) is 0 Å². The maximum Gasteiger partial charge on any atom is 0.303 e. The SMILES string of the molecule is C[C@@H]1NC(=O)[C@@H]2CCCN2C(=O)[C@H](CC(N)=O)NC(=O)[C@@H]2CSSC[C@@H](C(N)=O)NC(=O)C(CO)NC(=O)C(Cc3ccc(O)cc3)NC(=O)[C@H](Cc3cnc[nH]3)NC(=O)[C@H](CCCN=C(N)N)NC(=O)CNC(=O)[C@H](CSSC[C@H](NC(=O)[C@@H](N)CCC(=O)O)C(=O)N2)NC1=O. The molecule has 25 N–H and O–H groups in total. The number of nitrogens with one attached hydrogen (secondary N) is 12. The highest BCUT2D eigenvalue weighted by Crippen LogP contribution is 2.26. The molecule has 2 aromatic rings. The summed E-state index contributed by atoms with van der Waals surface area (Å²) in [5.41, 5.74) is 29.0. The number of phenolic OH excluding ortho intramolecular Hbond substituents is 1. The molecule has 12 atom stereocenters. The zero-order valence-corrected chi connectivity index (χ0v) is 55.5. The number of aliphatic hydroxyl groups is 1. The number of primary amides is 2. The number of guanidine groups is 1. The first-order chi connectivity index (χ1) is 46.0. The van der Waals surface area contributed by atoms with Crippen molar-refractivity contribution >= 4 is 138 Å². The van der Waals surface area contributed by atoms with Crippen molar-refractivity contribution in [2.24, 2.45) is 33.7 Å². The quantitative estimate of drug-likeness (QED) is 0.0303. The van der Waals surface area contributed by atoms with Crippen molar-refractivity contribution in [1.29, 1.82) is 0 Å². The van der Waals surface area contributed by atoms with Crippen molar-refractivity contribution < 1.29 is 87.2 Å². The second kappa shape index (κ2) is 39.2. The van der Waals surface area contributed by atoms with Gasteiger partial charge in [0, 0.05) is 67.3 Å². The molecule has 0 spiro atoms. The Morgan fingerprint density at radius 2 is 1.29 bits per heavy atom. The number of fused-ring (bicyclic) bond motifs is 9. The lowest BCUT2D eigenvalue weighted by Gasteiger charge is -2.30. The molecule has 0 aliphatic carbocycles. The van der Waals surface area contributed by atoms with Crippen LogP contribution in [0.5, 0.6) is 5.75 Å². The molecule has 2 unspecified atom stereocenters. The maximum atomic E-state index is 14.6. The summed E-state index contributed by atoms with van der Waals surface area (Å²) in [5.74, 6) is -18.2. The number of carbonyl (C=O) groups is 15. The molecule has 0 radical (unpaired) electrons. The van der Waals surface area contributed by atoms with Gasteiger partial charge in [0.25, 0.3) is 0 Å². The molecular weight excluding hydrogens is 1360 g/mol. The Morgan fingerprint density at radius 3 is 1.91 bits per heavy atom. The van der Waals surface area contributed by atoms with E-state index in [0.717, 1.165) is 48.1 Å². The number of benzene rings is 1. The number of aromatic nitrogens is 2. The van der Waals surface area contributed by atoms with Crippen LogP contribution in [0.3, 0.4) is 0 Å². The largest absolute Gasteiger partial charge is 0.508 e. The Kier molecular flexibility index (Phi) is 31.7. The molecule has 14 amide bonds. The minimum Gasteiger partial charge on any atom is -0.508 e. The summed E-state index contributed by atoms with van der Waals surface area (Å²) in [5, 5.41) is 57.0. The fraction of sp³-hybridized carbons (Fsp3) is 0.545. The number of nitrogens with two attached hydrogens (primary N) is 5. The van der Waals surface area contributed by atoms with Crippen LogP contribution in [-0.4, -0.2) is 247 Å². The lowest BCUT2D eigenvalue weighted by molar-refractivity contribution is -0.143. The molecule has 1 aromatic heterocycles. The number of phenols is 1. The Hall–Kier alpha value is -9.13. The number of imidazole rings is 1. The number of aromatic amines is 1. The Balaban J connectivity index is 1.62. The number of aliphatic imine (C=N–C) groups is 1. The molecule has 2 bridgehead atoms. The van der Waals surface area contributed by atoms with E-state index in [0.29, 0.717) is 5.56 Å². The molecule has 3 saturated heterocycles. The summed E-state index contributed by atoms with van der Waals surface area (Å²) in [6.07, 6.45) is 0.138. The molecule has 3 fully saturated rings. The molecule has 0 saturated carbocycles. The van der Waals surface area contributed by atoms with E-state index in [9.17, 15) is 87.2 Å². The van der Waals surface area contributed by atoms with Crippen molar-refractivity contribution in [3.8, 4) is 5.75 Å². The van der Waals surface area contributed by atoms with Gasteiger partial charge in [-0.05, 0) is 56.7 Å². The average Bonchev–Trinajstić information content (AvgIpc) is 1.76. The van der Waals surface area contributed by atoms with Gasteiger partial charge >= 0.3 is 5.97 Å². The van der Waals surface area contributed by atoms with E-state index in [1.165, 1.54) is 43.7 Å². The molecule has 5 rings (SSSR count). The first-order valence-electron chi connectivity index (χ1n) is 30.1. The van der Waals surface area contributed by atoms with Crippen LogP contribution in [0.15, 0.2) is 41.8 Å². The number of carbonyl (C=O) groups excluding carboxylic acids is 14. The van der Waals surface area contributed by atoms with Crippen LogP contribution in [0.4, 0.5) is 0 Å². The van der Waals surface area contributed by atoms with Crippen molar-refractivity contribution in [3.05, 3.63) is 48.0 Å². The van der Waals surface area contributed by atoms with Gasteiger partial charge in [0.2, 0.25) is 82.7 Å². The molecule has 42 heteroatoms. The molecule has 3 aliphatic rings. The highest BCUT2D eigenvalue weighted by Gasteiger charge is 2.41. The Labute approximate surface area is 569 Å². The van der Waals surface area contributed by atoms with Gasteiger partial charge in [-0.2, -0.15) is 0 Å². The number of aliphatic carboxylic acids is 1. The number of rotatable bonds is 17. The minimum absolute atomic E-state index is 0.0220. The van der Waals surface area contributed by atoms with Crippen molar-refractivity contribution in [1.82, 2.24) is 73.4 Å². The second-order valence-corrected chi connectivity index (χ2v) is 27.4. The number of H-pyrrole nitrogens is 1. The number of nitrogens with zero attached hydrogens (tertiary/aromatic N) is 3. The number of aromatic hydroxyl groups is 1. The normalized spacial score (nSPS) is 25.8. The summed E-state index contributed by atoms with van der Waals surface area (Å²) >= 11 is 0. The Morgan fingerprint density at radius 1 is 0.691 bits per heavy atom. The third-order valence-corrected chi connectivity index (χ3v) is 19.6. The topological polar surface area (TPSA) is 623 Å². The second-order valence-electron chi connectivity index (χ2n) is 22.3. The third kappa shape index (κ3) is 26.1. The van der Waals surface area contributed by atoms with Crippen LogP contribution in [0.2, 0.25) is 0 Å². The zero-order valence-electron chi connectivity index (χ0n) is 52.2. The number of hydrogen-bond donors (Lipinski definition) is 20. The van der Waals surface area contributed by atoms with Crippen LogP contribution in [0.25, 0.3) is 0 Å². The smallest absolute Gasteiger partial charge is 0.303 e. The average molecular weight is 1440 g/mol. The summed E-state index contributed by atoms with van der Waals surface area (Å²) in [4.78, 5) is 219. The van der Waals surface area contributed by atoms with E-state index < -0.39 is 217 Å². The summed E-state index contributed by atoms with van der Waals surface area (Å²) in [6.45, 7) is -0.925. The first kappa shape index (κ1) is 78.6. The zero-order chi connectivity index (χ0) is 71.5. The van der Waals surface area contributed by atoms with Crippen LogP contribution >= 0.6 is 43.2 Å². The van der Waals surface area contributed by atoms with Gasteiger partial charge in [-0.3, -0.25) is 76.9 Å². The highest BCUT2D eigenvalue weighted by molar-refractivity contribution is 8.77. The van der Waals surface area contributed by atoms with Crippen molar-refractivity contribution in [2.75, 3.05) is 49.3 Å². The van der Waals surface area contributed by atoms with Gasteiger partial charge in [-0.1, -0.05) is 55.3 Å². The van der Waals surface area contributed by atoms with Gasteiger partial charge in [0.05, 0.1) is 31.9 Å². The fourth-order valence-corrected chi connectivity index (χ4v) is 14.2. The predicted molar refractivity (Wildman–Crippen MR) is 352 cm³/mol. The molecular formula is C55H80N20O18S4. The Bertz CT molecular complexity index is 3210. The summed E-state index contributed by atoms with van der Waals surface area (Å²) in [7, 11) is 3.20. The summed E-state index contributed by atoms with van der Waals surface area (Å²) in [6, 6.07) is -14.0. The van der Waals surface area contributed by atoms with E-state index in [1.54, 1.807) is 0 Å². The van der Waals surface area contributed by atoms with Crippen LogP contribution < -0.4 is 87.2 Å². The van der Waals surface area contributed by atoms with Crippen molar-refractivity contribution in [3.63, 3.8) is 0 Å². The molecule has 4 heterocycles. The number of amides is 14. The molecule has 97 heavy (non-hydrogen) atoms. The lowest BCUT2D eigenvalue weighted by Crippen LogP contribution is -2.61. The van der Waals surface area contributed by atoms with Crippen LogP contribution in [-0.2, 0) is 84.8 Å². The van der Waals surface area contributed by atoms with E-state index in [2.05, 4.69) is 73.4 Å². The molecule has 532 valence electrons. The van der Waals surface area contributed by atoms with Gasteiger partial charge < -0.3 is 112 Å². The van der Waals surface area contributed by atoms with E-state index in [-0.39, 0.29) is 69.0 Å². The van der Waals surface area contributed by atoms with E-state index in [4.69, 9.17) is 28.7 Å². The van der Waals surface area contributed by atoms with Gasteiger partial charge in [0.15, 0.2) is 5.96 Å². The van der Waals surface area contributed by atoms with Crippen molar-refractivity contribution in [2.45, 2.75) is 137 Å². The predicted octanol–water partition coefficient (Wildman–Crippen LogP) is -8.74. The number of carboxylic acids is 1. The maximum absolute atomic E-state index is 14.6.